The molecule has 3 unspecified atom stereocenters. The predicted molar refractivity (Wildman–Crippen MR) is 93.2 cm³/mol. The standard InChI is InChI=1S/C17H22BrN3O2/c1-11-5-6-19-9-15(11)20-17(23)12-7-16(22)21(10-12)14-4-2-3-13(18)8-14/h2-4,8,11-12,15,19H,5-7,9-10H2,1H3,(H,20,23). The van der Waals surface area contributed by atoms with Crippen LogP contribution in [0.5, 0.6) is 0 Å². The number of benzene rings is 1. The number of halogens is 1. The largest absolute Gasteiger partial charge is 0.352 e. The maximum atomic E-state index is 12.5. The minimum atomic E-state index is -0.268. The van der Waals surface area contributed by atoms with Crippen LogP contribution in [0.3, 0.4) is 0 Å². The van der Waals surface area contributed by atoms with Crippen molar-refractivity contribution >= 4 is 33.4 Å². The minimum Gasteiger partial charge on any atom is -0.352 e. The SMILES string of the molecule is CC1CCNCC1NC(=O)C1CC(=O)N(c2cccc(Br)c2)C1. The summed E-state index contributed by atoms with van der Waals surface area (Å²) in [5.74, 6) is 0.212. The molecule has 124 valence electrons. The molecule has 2 aliphatic rings. The normalized spacial score (nSPS) is 28.0. The summed E-state index contributed by atoms with van der Waals surface area (Å²) < 4.78 is 0.929. The van der Waals surface area contributed by atoms with E-state index in [9.17, 15) is 9.59 Å². The van der Waals surface area contributed by atoms with Gasteiger partial charge < -0.3 is 15.5 Å². The number of rotatable bonds is 3. The number of nitrogens with zero attached hydrogens (tertiary/aromatic N) is 1. The maximum Gasteiger partial charge on any atom is 0.227 e. The van der Waals surface area contributed by atoms with Crippen LogP contribution in [0.25, 0.3) is 0 Å². The molecule has 3 atom stereocenters. The molecule has 2 saturated heterocycles. The lowest BCUT2D eigenvalue weighted by atomic mass is 9.94. The van der Waals surface area contributed by atoms with Gasteiger partial charge in [-0.2, -0.15) is 0 Å². The zero-order chi connectivity index (χ0) is 16.4. The van der Waals surface area contributed by atoms with Crippen LogP contribution < -0.4 is 15.5 Å². The first-order valence-electron chi connectivity index (χ1n) is 8.11. The third-order valence-electron chi connectivity index (χ3n) is 4.77. The molecule has 0 aromatic heterocycles. The highest BCUT2D eigenvalue weighted by Crippen LogP contribution is 2.27. The maximum absolute atomic E-state index is 12.5. The Hall–Kier alpha value is -1.40. The van der Waals surface area contributed by atoms with E-state index < -0.39 is 0 Å². The fourth-order valence-corrected chi connectivity index (χ4v) is 3.65. The van der Waals surface area contributed by atoms with Crippen LogP contribution in [-0.2, 0) is 9.59 Å². The van der Waals surface area contributed by atoms with E-state index in [1.54, 1.807) is 4.90 Å². The topological polar surface area (TPSA) is 61.4 Å². The second kappa shape index (κ2) is 7.01. The summed E-state index contributed by atoms with van der Waals surface area (Å²) in [5, 5.41) is 6.44. The molecule has 2 heterocycles. The van der Waals surface area contributed by atoms with Gasteiger partial charge in [0.05, 0.1) is 5.92 Å². The van der Waals surface area contributed by atoms with E-state index in [4.69, 9.17) is 0 Å². The minimum absolute atomic E-state index is 0.00334. The van der Waals surface area contributed by atoms with Gasteiger partial charge in [0.2, 0.25) is 11.8 Å². The Morgan fingerprint density at radius 3 is 3.00 bits per heavy atom. The van der Waals surface area contributed by atoms with Crippen molar-refractivity contribution in [3.05, 3.63) is 28.7 Å². The summed E-state index contributed by atoms with van der Waals surface area (Å²) in [6.07, 6.45) is 1.35. The molecule has 2 fully saturated rings. The Balaban J connectivity index is 1.63. The van der Waals surface area contributed by atoms with Crippen LogP contribution in [0.1, 0.15) is 19.8 Å². The van der Waals surface area contributed by atoms with Crippen molar-refractivity contribution in [2.24, 2.45) is 11.8 Å². The number of hydrogen-bond donors (Lipinski definition) is 2. The second-order valence-electron chi connectivity index (χ2n) is 6.47. The average molecular weight is 380 g/mol. The fraction of sp³-hybridized carbons (Fsp3) is 0.529. The van der Waals surface area contributed by atoms with Crippen molar-refractivity contribution in [1.82, 2.24) is 10.6 Å². The zero-order valence-electron chi connectivity index (χ0n) is 13.2. The molecule has 6 heteroatoms. The first kappa shape index (κ1) is 16.5. The van der Waals surface area contributed by atoms with Gasteiger partial charge in [-0.1, -0.05) is 28.9 Å². The van der Waals surface area contributed by atoms with Crippen molar-refractivity contribution in [3.8, 4) is 0 Å². The van der Waals surface area contributed by atoms with Crippen LogP contribution >= 0.6 is 15.9 Å². The summed E-state index contributed by atoms with van der Waals surface area (Å²) >= 11 is 3.42. The molecule has 0 aliphatic carbocycles. The van der Waals surface area contributed by atoms with Gasteiger partial charge in [-0.05, 0) is 37.1 Å². The summed E-state index contributed by atoms with van der Waals surface area (Å²) in [7, 11) is 0. The van der Waals surface area contributed by atoms with Gasteiger partial charge >= 0.3 is 0 Å². The van der Waals surface area contributed by atoms with Gasteiger partial charge in [-0.25, -0.2) is 0 Å². The van der Waals surface area contributed by atoms with Crippen LogP contribution in [0.15, 0.2) is 28.7 Å². The predicted octanol–water partition coefficient (Wildman–Crippen LogP) is 1.92. The Labute approximate surface area is 144 Å². The van der Waals surface area contributed by atoms with E-state index in [-0.39, 0.29) is 30.2 Å². The smallest absolute Gasteiger partial charge is 0.227 e. The molecule has 2 aliphatic heterocycles. The van der Waals surface area contributed by atoms with E-state index in [2.05, 4.69) is 33.5 Å². The average Bonchev–Trinajstić information content (AvgIpc) is 2.92. The molecule has 0 saturated carbocycles. The Bertz CT molecular complexity index is 607. The van der Waals surface area contributed by atoms with E-state index in [0.717, 1.165) is 29.7 Å². The quantitative estimate of drug-likeness (QED) is 0.843. The molecule has 1 aromatic rings. The van der Waals surface area contributed by atoms with Crippen LogP contribution in [0.4, 0.5) is 5.69 Å². The first-order chi connectivity index (χ1) is 11.0. The summed E-state index contributed by atoms with van der Waals surface area (Å²) in [6.45, 7) is 4.43. The molecule has 0 bridgehead atoms. The Kier molecular flexibility index (Phi) is 5.02. The summed E-state index contributed by atoms with van der Waals surface area (Å²) in [4.78, 5) is 26.5. The molecule has 1 aromatic carbocycles. The number of carbonyl (C=O) groups excluding carboxylic acids is 2. The lowest BCUT2D eigenvalue weighted by Gasteiger charge is -2.31. The van der Waals surface area contributed by atoms with Gasteiger partial charge in [0.15, 0.2) is 0 Å². The van der Waals surface area contributed by atoms with E-state index in [0.29, 0.717) is 12.5 Å². The fourth-order valence-electron chi connectivity index (χ4n) is 3.26. The number of carbonyl (C=O) groups is 2. The highest BCUT2D eigenvalue weighted by atomic mass is 79.9. The van der Waals surface area contributed by atoms with Crippen molar-refractivity contribution in [2.75, 3.05) is 24.5 Å². The number of nitrogens with one attached hydrogen (secondary N) is 2. The van der Waals surface area contributed by atoms with E-state index in [1.807, 2.05) is 24.3 Å². The van der Waals surface area contributed by atoms with E-state index >= 15 is 0 Å². The van der Waals surface area contributed by atoms with Gasteiger partial charge in [0.1, 0.15) is 0 Å². The molecule has 0 spiro atoms. The molecular formula is C17H22BrN3O2. The number of anilines is 1. The first-order valence-corrected chi connectivity index (χ1v) is 8.91. The molecular weight excluding hydrogens is 358 g/mol. The van der Waals surface area contributed by atoms with Crippen molar-refractivity contribution in [1.29, 1.82) is 0 Å². The number of hydrogen-bond acceptors (Lipinski definition) is 3. The van der Waals surface area contributed by atoms with E-state index in [1.165, 1.54) is 0 Å². The van der Waals surface area contributed by atoms with Crippen molar-refractivity contribution in [3.63, 3.8) is 0 Å². The molecule has 0 radical (unpaired) electrons. The molecule has 3 rings (SSSR count). The lowest BCUT2D eigenvalue weighted by molar-refractivity contribution is -0.127. The summed E-state index contributed by atoms with van der Waals surface area (Å²) in [6, 6.07) is 7.79. The Morgan fingerprint density at radius 1 is 1.43 bits per heavy atom. The third kappa shape index (κ3) is 3.75. The molecule has 5 nitrogen and oxygen atoms in total. The zero-order valence-corrected chi connectivity index (χ0v) is 14.8. The lowest BCUT2D eigenvalue weighted by Crippen LogP contribution is -2.51. The van der Waals surface area contributed by atoms with Gasteiger partial charge in [-0.15, -0.1) is 0 Å². The molecule has 2 N–H and O–H groups in total. The van der Waals surface area contributed by atoms with Crippen LogP contribution in [0.2, 0.25) is 0 Å². The van der Waals surface area contributed by atoms with Gasteiger partial charge in [0.25, 0.3) is 0 Å². The number of amides is 2. The van der Waals surface area contributed by atoms with Gasteiger partial charge in [-0.3, -0.25) is 9.59 Å². The van der Waals surface area contributed by atoms with Crippen LogP contribution in [0, 0.1) is 11.8 Å². The van der Waals surface area contributed by atoms with Crippen molar-refractivity contribution in [2.45, 2.75) is 25.8 Å². The summed E-state index contributed by atoms with van der Waals surface area (Å²) in [5.41, 5.74) is 0.840. The third-order valence-corrected chi connectivity index (χ3v) is 5.26. The second-order valence-corrected chi connectivity index (χ2v) is 7.39. The van der Waals surface area contributed by atoms with Gasteiger partial charge in [0, 0.05) is 35.7 Å². The van der Waals surface area contributed by atoms with Crippen molar-refractivity contribution < 1.29 is 9.59 Å². The van der Waals surface area contributed by atoms with Crippen LogP contribution in [-0.4, -0.2) is 37.5 Å². The number of piperidine rings is 1. The molecule has 2 amide bonds. The highest BCUT2D eigenvalue weighted by Gasteiger charge is 2.36. The monoisotopic (exact) mass is 379 g/mol. The Morgan fingerprint density at radius 2 is 2.26 bits per heavy atom. The molecule has 23 heavy (non-hydrogen) atoms. The highest BCUT2D eigenvalue weighted by molar-refractivity contribution is 9.10.